The number of carbonyl (C=O) groups excluding carboxylic acids is 1. The molecular formula is C19H18N2O2S. The van der Waals surface area contributed by atoms with Crippen molar-refractivity contribution < 1.29 is 9.53 Å². The molecular weight excluding hydrogens is 320 g/mol. The van der Waals surface area contributed by atoms with E-state index in [0.717, 1.165) is 40.8 Å². The highest BCUT2D eigenvalue weighted by atomic mass is 32.1. The van der Waals surface area contributed by atoms with Crippen LogP contribution in [0.4, 0.5) is 5.13 Å². The number of carbonyl (C=O) groups is 1. The van der Waals surface area contributed by atoms with Crippen molar-refractivity contribution in [2.75, 3.05) is 12.4 Å². The van der Waals surface area contributed by atoms with Crippen molar-refractivity contribution in [3.63, 3.8) is 0 Å². The summed E-state index contributed by atoms with van der Waals surface area (Å²) in [4.78, 5) is 17.5. The van der Waals surface area contributed by atoms with Gasteiger partial charge < -0.3 is 10.1 Å². The zero-order valence-electron chi connectivity index (χ0n) is 13.4. The lowest BCUT2D eigenvalue weighted by Gasteiger charge is -2.40. The van der Waals surface area contributed by atoms with Gasteiger partial charge in [-0.2, -0.15) is 0 Å². The molecule has 1 fully saturated rings. The number of nitrogens with zero attached hydrogens (tertiary/aromatic N) is 1. The molecule has 4 nitrogen and oxygen atoms in total. The summed E-state index contributed by atoms with van der Waals surface area (Å²) in [6.45, 7) is 0. The van der Waals surface area contributed by atoms with Crippen LogP contribution in [0.3, 0.4) is 0 Å². The lowest BCUT2D eigenvalue weighted by atomic mass is 9.64. The number of amides is 1. The Labute approximate surface area is 144 Å². The second-order valence-corrected chi connectivity index (χ2v) is 7.11. The van der Waals surface area contributed by atoms with Gasteiger partial charge in [0.1, 0.15) is 11.3 Å². The third kappa shape index (κ3) is 2.36. The Morgan fingerprint density at radius 2 is 1.96 bits per heavy atom. The minimum absolute atomic E-state index is 0.0398. The van der Waals surface area contributed by atoms with E-state index < -0.39 is 5.41 Å². The van der Waals surface area contributed by atoms with Crippen LogP contribution in [-0.4, -0.2) is 18.0 Å². The molecule has 5 heteroatoms. The number of aromatic nitrogens is 1. The Morgan fingerprint density at radius 1 is 1.17 bits per heavy atom. The van der Waals surface area contributed by atoms with Gasteiger partial charge in [0.05, 0.1) is 17.2 Å². The lowest BCUT2D eigenvalue weighted by Crippen LogP contribution is -2.45. The molecule has 0 atom stereocenters. The van der Waals surface area contributed by atoms with E-state index in [-0.39, 0.29) is 5.91 Å². The van der Waals surface area contributed by atoms with Crippen molar-refractivity contribution in [2.24, 2.45) is 0 Å². The van der Waals surface area contributed by atoms with Crippen molar-refractivity contribution >= 4 is 32.6 Å². The van der Waals surface area contributed by atoms with E-state index >= 15 is 0 Å². The predicted octanol–water partition coefficient (Wildman–Crippen LogP) is 4.37. The van der Waals surface area contributed by atoms with Crippen LogP contribution in [0.5, 0.6) is 5.75 Å². The van der Waals surface area contributed by atoms with E-state index in [0.29, 0.717) is 5.13 Å². The van der Waals surface area contributed by atoms with E-state index in [1.54, 1.807) is 7.11 Å². The smallest absolute Gasteiger partial charge is 0.236 e. The number of hydrogen-bond acceptors (Lipinski definition) is 4. The highest BCUT2D eigenvalue weighted by molar-refractivity contribution is 7.22. The molecule has 1 aliphatic rings. The molecule has 122 valence electrons. The van der Waals surface area contributed by atoms with Crippen LogP contribution in [0.1, 0.15) is 24.8 Å². The third-order valence-corrected chi connectivity index (χ3v) is 5.73. The second-order valence-electron chi connectivity index (χ2n) is 6.08. The van der Waals surface area contributed by atoms with Gasteiger partial charge in [-0.25, -0.2) is 4.98 Å². The number of rotatable bonds is 4. The summed E-state index contributed by atoms with van der Waals surface area (Å²) in [5, 5.41) is 3.66. The monoisotopic (exact) mass is 338 g/mol. The first kappa shape index (κ1) is 15.1. The molecule has 1 heterocycles. The number of fused-ring (bicyclic) bond motifs is 1. The van der Waals surface area contributed by atoms with Crippen LogP contribution in [0, 0.1) is 0 Å². The van der Waals surface area contributed by atoms with Crippen LogP contribution in [0.15, 0.2) is 48.5 Å². The molecule has 1 amide bonds. The summed E-state index contributed by atoms with van der Waals surface area (Å²) in [6, 6.07) is 15.8. The molecule has 0 radical (unpaired) electrons. The van der Waals surface area contributed by atoms with Crippen molar-refractivity contribution in [2.45, 2.75) is 24.7 Å². The van der Waals surface area contributed by atoms with Gasteiger partial charge in [-0.3, -0.25) is 4.79 Å². The number of anilines is 1. The number of hydrogen-bond donors (Lipinski definition) is 1. The molecule has 1 aliphatic carbocycles. The van der Waals surface area contributed by atoms with Gasteiger partial charge in [-0.1, -0.05) is 54.2 Å². The van der Waals surface area contributed by atoms with Gasteiger partial charge in [0.25, 0.3) is 0 Å². The fraction of sp³-hybridized carbons (Fsp3) is 0.263. The van der Waals surface area contributed by atoms with E-state index in [1.165, 1.54) is 11.3 Å². The van der Waals surface area contributed by atoms with E-state index in [1.807, 2.05) is 48.5 Å². The first-order valence-corrected chi connectivity index (χ1v) is 8.85. The van der Waals surface area contributed by atoms with Gasteiger partial charge >= 0.3 is 0 Å². The molecule has 2 aromatic carbocycles. The first-order valence-electron chi connectivity index (χ1n) is 8.03. The van der Waals surface area contributed by atoms with Crippen LogP contribution in [-0.2, 0) is 10.2 Å². The van der Waals surface area contributed by atoms with Crippen molar-refractivity contribution in [3.05, 3.63) is 54.1 Å². The Kier molecular flexibility index (Phi) is 3.73. The number of ether oxygens (including phenoxy) is 1. The largest absolute Gasteiger partial charge is 0.494 e. The molecule has 0 saturated heterocycles. The van der Waals surface area contributed by atoms with Gasteiger partial charge in [-0.05, 0) is 30.5 Å². The van der Waals surface area contributed by atoms with E-state index in [4.69, 9.17) is 4.74 Å². The molecule has 0 bridgehead atoms. The second kappa shape index (κ2) is 5.91. The Morgan fingerprint density at radius 3 is 2.62 bits per heavy atom. The Hall–Kier alpha value is -2.40. The predicted molar refractivity (Wildman–Crippen MR) is 96.8 cm³/mol. The molecule has 1 aromatic heterocycles. The molecule has 24 heavy (non-hydrogen) atoms. The maximum atomic E-state index is 13.0. The average molecular weight is 338 g/mol. The highest BCUT2D eigenvalue weighted by Gasteiger charge is 2.45. The standard InChI is InChI=1S/C19H18N2O2S/c1-23-14-9-5-10-15-16(14)20-18(24-15)21-17(22)19(11-6-12-19)13-7-3-2-4-8-13/h2-5,7-10H,6,11-12H2,1H3,(H,20,21,22). The van der Waals surface area contributed by atoms with Crippen LogP contribution in [0.2, 0.25) is 0 Å². The number of methoxy groups -OCH3 is 1. The van der Waals surface area contributed by atoms with Gasteiger partial charge in [0, 0.05) is 0 Å². The van der Waals surface area contributed by atoms with E-state index in [9.17, 15) is 4.79 Å². The lowest BCUT2D eigenvalue weighted by molar-refractivity contribution is -0.124. The summed E-state index contributed by atoms with van der Waals surface area (Å²) in [7, 11) is 1.63. The minimum atomic E-state index is -0.413. The highest BCUT2D eigenvalue weighted by Crippen LogP contribution is 2.45. The van der Waals surface area contributed by atoms with Crippen molar-refractivity contribution in [3.8, 4) is 5.75 Å². The summed E-state index contributed by atoms with van der Waals surface area (Å²) >= 11 is 1.48. The summed E-state index contributed by atoms with van der Waals surface area (Å²) in [6.07, 6.45) is 2.85. The van der Waals surface area contributed by atoms with Gasteiger partial charge in [0.2, 0.25) is 5.91 Å². The van der Waals surface area contributed by atoms with Crippen LogP contribution in [0.25, 0.3) is 10.2 Å². The van der Waals surface area contributed by atoms with Crippen LogP contribution < -0.4 is 10.1 Å². The van der Waals surface area contributed by atoms with Crippen molar-refractivity contribution in [1.29, 1.82) is 0 Å². The Balaban J connectivity index is 1.64. The zero-order chi connectivity index (χ0) is 16.6. The number of para-hydroxylation sites is 1. The molecule has 0 spiro atoms. The maximum absolute atomic E-state index is 13.0. The maximum Gasteiger partial charge on any atom is 0.236 e. The van der Waals surface area contributed by atoms with Gasteiger partial charge in [0.15, 0.2) is 5.13 Å². The molecule has 4 rings (SSSR count). The SMILES string of the molecule is COc1cccc2sc(NC(=O)C3(c4ccccc4)CCC3)nc12. The topological polar surface area (TPSA) is 51.2 Å². The van der Waals surface area contributed by atoms with Crippen molar-refractivity contribution in [1.82, 2.24) is 4.98 Å². The Bertz CT molecular complexity index is 885. The molecule has 0 unspecified atom stereocenters. The summed E-state index contributed by atoms with van der Waals surface area (Å²) in [5.41, 5.74) is 1.47. The number of thiazole rings is 1. The fourth-order valence-corrected chi connectivity index (χ4v) is 4.17. The van der Waals surface area contributed by atoms with Crippen LogP contribution >= 0.6 is 11.3 Å². The number of benzene rings is 2. The quantitative estimate of drug-likeness (QED) is 0.769. The molecule has 1 saturated carbocycles. The zero-order valence-corrected chi connectivity index (χ0v) is 14.2. The van der Waals surface area contributed by atoms with E-state index in [2.05, 4.69) is 10.3 Å². The average Bonchev–Trinajstić information content (AvgIpc) is 2.97. The molecule has 1 N–H and O–H groups in total. The molecule has 3 aromatic rings. The third-order valence-electron chi connectivity index (χ3n) is 4.79. The van der Waals surface area contributed by atoms with Gasteiger partial charge in [-0.15, -0.1) is 0 Å². The normalized spacial score (nSPS) is 15.7. The number of nitrogens with one attached hydrogen (secondary N) is 1. The summed E-state index contributed by atoms with van der Waals surface area (Å²) < 4.78 is 6.35. The minimum Gasteiger partial charge on any atom is -0.494 e. The summed E-state index contributed by atoms with van der Waals surface area (Å²) in [5.74, 6) is 0.767. The molecule has 0 aliphatic heterocycles. The fourth-order valence-electron chi connectivity index (χ4n) is 3.29. The first-order chi connectivity index (χ1) is 11.7.